The summed E-state index contributed by atoms with van der Waals surface area (Å²) in [4.78, 5) is 0. The third-order valence-electron chi connectivity index (χ3n) is 7.71. The first kappa shape index (κ1) is 22.0. The van der Waals surface area contributed by atoms with Crippen LogP contribution in [0.1, 0.15) is 29.7 Å². The normalized spacial score (nSPS) is 20.1. The van der Waals surface area contributed by atoms with E-state index in [1.165, 1.54) is 53.1 Å². The van der Waals surface area contributed by atoms with Gasteiger partial charge in [0.2, 0.25) is 0 Å². The second-order valence-electron chi connectivity index (χ2n) is 9.94. The van der Waals surface area contributed by atoms with Crippen molar-refractivity contribution in [3.8, 4) is 0 Å². The third-order valence-corrected chi connectivity index (χ3v) is 8.85. The smallest absolute Gasteiger partial charge is 0.142 e. The van der Waals surface area contributed by atoms with E-state index in [2.05, 4.69) is 142 Å². The van der Waals surface area contributed by atoms with Gasteiger partial charge < -0.3 is 4.57 Å². The molecule has 0 aliphatic carbocycles. The SMILES string of the molecule is c1ccc(C2NC(c3ccccc3)NC(n3c4ccccc4c4cc5c(cc43)sc3ccccc35)N2)cc1. The number of benzene rings is 5. The van der Waals surface area contributed by atoms with E-state index >= 15 is 0 Å². The van der Waals surface area contributed by atoms with E-state index in [0.29, 0.717) is 0 Å². The molecule has 0 spiro atoms. The Labute approximate surface area is 224 Å². The predicted octanol–water partition coefficient (Wildman–Crippen LogP) is 7.80. The highest BCUT2D eigenvalue weighted by Crippen LogP contribution is 2.40. The highest BCUT2D eigenvalue weighted by Gasteiger charge is 2.31. The summed E-state index contributed by atoms with van der Waals surface area (Å²) in [5.41, 5.74) is 4.88. The highest BCUT2D eigenvalue weighted by molar-refractivity contribution is 7.25. The predicted molar refractivity (Wildman–Crippen MR) is 159 cm³/mol. The van der Waals surface area contributed by atoms with Gasteiger partial charge >= 0.3 is 0 Å². The number of fused-ring (bicyclic) bond motifs is 6. The minimum absolute atomic E-state index is 0.0167. The summed E-state index contributed by atoms with van der Waals surface area (Å²) < 4.78 is 5.09. The van der Waals surface area contributed by atoms with Gasteiger partial charge in [-0.1, -0.05) is 97.1 Å². The summed E-state index contributed by atoms with van der Waals surface area (Å²) in [6.07, 6.45) is -0.158. The second-order valence-corrected chi connectivity index (χ2v) is 11.0. The van der Waals surface area contributed by atoms with Crippen LogP contribution in [0, 0.1) is 0 Å². The van der Waals surface area contributed by atoms with Crippen LogP contribution >= 0.6 is 11.3 Å². The number of rotatable bonds is 3. The monoisotopic (exact) mass is 510 g/mol. The Morgan fingerprint density at radius 2 is 1.08 bits per heavy atom. The summed E-state index contributed by atoms with van der Waals surface area (Å²) in [6.45, 7) is 0. The molecule has 3 N–H and O–H groups in total. The molecule has 0 amide bonds. The Balaban J connectivity index is 1.35. The minimum Gasteiger partial charge on any atom is -0.311 e. The van der Waals surface area contributed by atoms with Gasteiger partial charge in [-0.3, -0.25) is 16.0 Å². The maximum absolute atomic E-state index is 3.87. The average molecular weight is 511 g/mol. The highest BCUT2D eigenvalue weighted by atomic mass is 32.1. The summed E-state index contributed by atoms with van der Waals surface area (Å²) in [6, 6.07) is 43.6. The number of para-hydroxylation sites is 1. The number of nitrogens with one attached hydrogen (secondary N) is 3. The molecule has 1 fully saturated rings. The molecule has 0 bridgehead atoms. The fourth-order valence-corrected chi connectivity index (χ4v) is 7.07. The molecule has 4 nitrogen and oxygen atoms in total. The molecule has 7 aromatic rings. The molecule has 184 valence electrons. The molecule has 8 rings (SSSR count). The van der Waals surface area contributed by atoms with Crippen LogP contribution in [0.15, 0.2) is 121 Å². The van der Waals surface area contributed by atoms with Crippen LogP contribution in [-0.2, 0) is 0 Å². The van der Waals surface area contributed by atoms with Gasteiger partial charge in [-0.05, 0) is 35.4 Å². The first-order valence-corrected chi connectivity index (χ1v) is 13.9. The van der Waals surface area contributed by atoms with Gasteiger partial charge in [0.25, 0.3) is 0 Å². The largest absolute Gasteiger partial charge is 0.311 e. The van der Waals surface area contributed by atoms with Crippen molar-refractivity contribution in [3.63, 3.8) is 0 Å². The molecule has 5 aromatic carbocycles. The molecule has 38 heavy (non-hydrogen) atoms. The van der Waals surface area contributed by atoms with E-state index in [4.69, 9.17) is 0 Å². The molecule has 2 unspecified atom stereocenters. The van der Waals surface area contributed by atoms with Crippen LogP contribution in [0.4, 0.5) is 0 Å². The molecule has 1 aliphatic rings. The van der Waals surface area contributed by atoms with Gasteiger partial charge in [0, 0.05) is 30.9 Å². The number of hydrogen-bond donors (Lipinski definition) is 3. The molecule has 0 saturated carbocycles. The quantitative estimate of drug-likeness (QED) is 0.227. The first-order chi connectivity index (χ1) is 18.8. The Morgan fingerprint density at radius 3 is 1.79 bits per heavy atom. The third kappa shape index (κ3) is 3.48. The fraction of sp³-hybridized carbons (Fsp3) is 0.0909. The summed E-state index contributed by atoms with van der Waals surface area (Å²) in [5.74, 6) is 0. The zero-order valence-corrected chi connectivity index (χ0v) is 21.5. The topological polar surface area (TPSA) is 41.0 Å². The van der Waals surface area contributed by atoms with Crippen LogP contribution in [0.3, 0.4) is 0 Å². The Morgan fingerprint density at radius 1 is 0.474 bits per heavy atom. The van der Waals surface area contributed by atoms with Crippen molar-refractivity contribution in [2.24, 2.45) is 0 Å². The van der Waals surface area contributed by atoms with Crippen LogP contribution < -0.4 is 16.0 Å². The Hall–Kier alpha value is -4.00. The van der Waals surface area contributed by atoms with Crippen molar-refractivity contribution >= 4 is 53.3 Å². The molecule has 1 saturated heterocycles. The number of hydrogen-bond acceptors (Lipinski definition) is 4. The van der Waals surface area contributed by atoms with Gasteiger partial charge in [0.15, 0.2) is 0 Å². The summed E-state index contributed by atoms with van der Waals surface area (Å²) >= 11 is 1.87. The lowest BCUT2D eigenvalue weighted by Gasteiger charge is -2.40. The van der Waals surface area contributed by atoms with E-state index in [0.717, 1.165) is 0 Å². The Kier molecular flexibility index (Phi) is 5.10. The zero-order chi connectivity index (χ0) is 25.1. The van der Waals surface area contributed by atoms with Crippen molar-refractivity contribution in [2.75, 3.05) is 0 Å². The lowest BCUT2D eigenvalue weighted by molar-refractivity contribution is 0.161. The molecule has 5 heteroatoms. The molecule has 2 aromatic heterocycles. The average Bonchev–Trinajstić information content (AvgIpc) is 3.51. The number of nitrogens with zero attached hydrogens (tertiary/aromatic N) is 1. The van der Waals surface area contributed by atoms with E-state index in [1.54, 1.807) is 0 Å². The van der Waals surface area contributed by atoms with Crippen molar-refractivity contribution in [3.05, 3.63) is 132 Å². The fourth-order valence-electron chi connectivity index (χ4n) is 5.95. The van der Waals surface area contributed by atoms with E-state index in [1.807, 2.05) is 11.3 Å². The van der Waals surface area contributed by atoms with E-state index < -0.39 is 0 Å². The van der Waals surface area contributed by atoms with Crippen LogP contribution in [0.25, 0.3) is 42.0 Å². The van der Waals surface area contributed by atoms with Gasteiger partial charge in [0.05, 0.1) is 23.4 Å². The Bertz CT molecular complexity index is 1880. The molecular weight excluding hydrogens is 484 g/mol. The van der Waals surface area contributed by atoms with Crippen molar-refractivity contribution < 1.29 is 0 Å². The maximum atomic E-state index is 3.87. The van der Waals surface area contributed by atoms with Crippen molar-refractivity contribution in [1.29, 1.82) is 0 Å². The number of aromatic nitrogens is 1. The lowest BCUT2D eigenvalue weighted by atomic mass is 10.1. The van der Waals surface area contributed by atoms with E-state index in [9.17, 15) is 0 Å². The van der Waals surface area contributed by atoms with Crippen LogP contribution in [-0.4, -0.2) is 4.57 Å². The number of thiophene rings is 1. The van der Waals surface area contributed by atoms with Crippen LogP contribution in [0.5, 0.6) is 0 Å². The molecule has 1 aliphatic heterocycles. The first-order valence-electron chi connectivity index (χ1n) is 13.1. The standard InChI is InChI=1S/C33H26N4S/c1-3-11-21(12-4-1)31-34-32(22-13-5-2-6-14-22)36-33(35-31)37-27-17-9-7-15-23(27)25-19-26-24-16-8-10-18-29(24)38-30(26)20-28(25)37/h1-20,31-36H. The van der Waals surface area contributed by atoms with Crippen LogP contribution in [0.2, 0.25) is 0 Å². The molecule has 0 radical (unpaired) electrons. The summed E-state index contributed by atoms with van der Waals surface area (Å²) in [7, 11) is 0. The van der Waals surface area contributed by atoms with E-state index in [-0.39, 0.29) is 18.6 Å². The van der Waals surface area contributed by atoms with Gasteiger partial charge in [0.1, 0.15) is 6.29 Å². The maximum Gasteiger partial charge on any atom is 0.142 e. The van der Waals surface area contributed by atoms with Gasteiger partial charge in [-0.2, -0.15) is 0 Å². The molecular formula is C33H26N4S. The van der Waals surface area contributed by atoms with Gasteiger partial charge in [-0.15, -0.1) is 11.3 Å². The van der Waals surface area contributed by atoms with Crippen molar-refractivity contribution in [1.82, 2.24) is 20.5 Å². The zero-order valence-electron chi connectivity index (χ0n) is 20.6. The second kappa shape index (κ2) is 8.79. The minimum atomic E-state index is -0.124. The lowest BCUT2D eigenvalue weighted by Crippen LogP contribution is -2.56. The molecule has 2 atom stereocenters. The van der Waals surface area contributed by atoms with Gasteiger partial charge in [-0.25, -0.2) is 0 Å². The van der Waals surface area contributed by atoms with Crippen molar-refractivity contribution in [2.45, 2.75) is 18.6 Å². The summed E-state index contributed by atoms with van der Waals surface area (Å²) in [5, 5.41) is 16.8. The molecule has 3 heterocycles.